The first-order valence-electron chi connectivity index (χ1n) is 6.68. The predicted molar refractivity (Wildman–Crippen MR) is 81.5 cm³/mol. The number of methoxy groups -OCH3 is 1. The molecule has 1 aliphatic rings. The molecule has 0 atom stereocenters. The van der Waals surface area contributed by atoms with Gasteiger partial charge in [0.25, 0.3) is 11.8 Å². The van der Waals surface area contributed by atoms with Crippen molar-refractivity contribution in [2.24, 2.45) is 0 Å². The van der Waals surface area contributed by atoms with E-state index in [9.17, 15) is 9.59 Å². The van der Waals surface area contributed by atoms with Gasteiger partial charge in [-0.15, -0.1) is 0 Å². The molecule has 0 saturated heterocycles. The van der Waals surface area contributed by atoms with Crippen LogP contribution in [0.5, 0.6) is 11.5 Å². The summed E-state index contributed by atoms with van der Waals surface area (Å²) in [5, 5.41) is 5.47. The SMILES string of the molecule is COc1cccc(C(=O)Nc2cccc3c2NC(=O)CO3)c1. The number of carbonyl (C=O) groups excluding carboxylic acids is 2. The number of nitrogens with one attached hydrogen (secondary N) is 2. The maximum Gasteiger partial charge on any atom is 0.262 e. The van der Waals surface area contributed by atoms with Crippen LogP contribution in [0.25, 0.3) is 0 Å². The van der Waals surface area contributed by atoms with Crippen LogP contribution in [0.15, 0.2) is 42.5 Å². The highest BCUT2D eigenvalue weighted by Crippen LogP contribution is 2.35. The largest absolute Gasteiger partial charge is 0.497 e. The first-order valence-corrected chi connectivity index (χ1v) is 6.68. The van der Waals surface area contributed by atoms with Gasteiger partial charge in [0.2, 0.25) is 0 Å². The average molecular weight is 298 g/mol. The molecule has 0 aromatic heterocycles. The van der Waals surface area contributed by atoms with E-state index in [0.29, 0.717) is 28.4 Å². The maximum atomic E-state index is 12.3. The molecule has 6 nitrogen and oxygen atoms in total. The van der Waals surface area contributed by atoms with Crippen molar-refractivity contribution >= 4 is 23.2 Å². The Morgan fingerprint density at radius 2 is 2.09 bits per heavy atom. The van der Waals surface area contributed by atoms with Crippen LogP contribution < -0.4 is 20.1 Å². The van der Waals surface area contributed by atoms with Gasteiger partial charge in [-0.05, 0) is 30.3 Å². The van der Waals surface area contributed by atoms with Gasteiger partial charge in [-0.1, -0.05) is 12.1 Å². The minimum atomic E-state index is -0.299. The molecule has 2 aromatic carbocycles. The molecule has 0 fully saturated rings. The van der Waals surface area contributed by atoms with Gasteiger partial charge in [0, 0.05) is 5.56 Å². The summed E-state index contributed by atoms with van der Waals surface area (Å²) in [6.07, 6.45) is 0. The Bertz CT molecular complexity index is 743. The van der Waals surface area contributed by atoms with Crippen molar-refractivity contribution in [3.63, 3.8) is 0 Å². The normalized spacial score (nSPS) is 12.7. The third kappa shape index (κ3) is 2.71. The summed E-state index contributed by atoms with van der Waals surface area (Å²) >= 11 is 0. The molecule has 22 heavy (non-hydrogen) atoms. The molecule has 1 heterocycles. The Balaban J connectivity index is 1.87. The Morgan fingerprint density at radius 3 is 2.91 bits per heavy atom. The van der Waals surface area contributed by atoms with Crippen LogP contribution in [0.1, 0.15) is 10.4 Å². The summed E-state index contributed by atoms with van der Waals surface area (Å²) < 4.78 is 10.4. The minimum absolute atomic E-state index is 0.0275. The van der Waals surface area contributed by atoms with Gasteiger partial charge >= 0.3 is 0 Å². The van der Waals surface area contributed by atoms with Crippen molar-refractivity contribution in [2.75, 3.05) is 24.4 Å². The summed E-state index contributed by atoms with van der Waals surface area (Å²) in [5.74, 6) is 0.574. The number of rotatable bonds is 3. The quantitative estimate of drug-likeness (QED) is 0.911. The molecule has 3 rings (SSSR count). The third-order valence-electron chi connectivity index (χ3n) is 3.23. The third-order valence-corrected chi connectivity index (χ3v) is 3.23. The van der Waals surface area contributed by atoms with Gasteiger partial charge in [-0.25, -0.2) is 0 Å². The standard InChI is InChI=1S/C16H14N2O4/c1-21-11-5-2-4-10(8-11)16(20)17-12-6-3-7-13-15(12)18-14(19)9-22-13/h2-8H,9H2,1H3,(H,17,20)(H,18,19). The van der Waals surface area contributed by atoms with E-state index in [2.05, 4.69) is 10.6 Å². The number of amides is 2. The molecule has 0 aliphatic carbocycles. The molecule has 2 N–H and O–H groups in total. The van der Waals surface area contributed by atoms with E-state index in [1.807, 2.05) is 0 Å². The Hall–Kier alpha value is -3.02. The molecule has 6 heteroatoms. The molecular formula is C16H14N2O4. The molecule has 0 saturated carbocycles. The fraction of sp³-hybridized carbons (Fsp3) is 0.125. The number of anilines is 2. The zero-order chi connectivity index (χ0) is 15.5. The number of para-hydroxylation sites is 1. The molecular weight excluding hydrogens is 284 g/mol. The smallest absolute Gasteiger partial charge is 0.262 e. The molecule has 2 aromatic rings. The van der Waals surface area contributed by atoms with Crippen molar-refractivity contribution in [1.29, 1.82) is 0 Å². The minimum Gasteiger partial charge on any atom is -0.497 e. The van der Waals surface area contributed by atoms with Gasteiger partial charge in [-0.2, -0.15) is 0 Å². The van der Waals surface area contributed by atoms with E-state index in [4.69, 9.17) is 9.47 Å². The molecule has 0 radical (unpaired) electrons. The van der Waals surface area contributed by atoms with Gasteiger partial charge < -0.3 is 20.1 Å². The number of carbonyl (C=O) groups is 2. The second-order valence-electron chi connectivity index (χ2n) is 4.70. The van der Waals surface area contributed by atoms with Crippen LogP contribution in [0, 0.1) is 0 Å². The summed E-state index contributed by atoms with van der Waals surface area (Å²) in [5.41, 5.74) is 1.41. The number of benzene rings is 2. The fourth-order valence-corrected chi connectivity index (χ4v) is 2.16. The highest BCUT2D eigenvalue weighted by atomic mass is 16.5. The molecule has 0 spiro atoms. The van der Waals surface area contributed by atoms with Crippen LogP contribution in [0.2, 0.25) is 0 Å². The van der Waals surface area contributed by atoms with Crippen LogP contribution in [-0.2, 0) is 4.79 Å². The van der Waals surface area contributed by atoms with Crippen LogP contribution >= 0.6 is 0 Å². The Morgan fingerprint density at radius 1 is 1.27 bits per heavy atom. The first kappa shape index (κ1) is 13.9. The van der Waals surface area contributed by atoms with Crippen molar-refractivity contribution in [2.45, 2.75) is 0 Å². The lowest BCUT2D eigenvalue weighted by molar-refractivity contribution is -0.118. The zero-order valence-electron chi connectivity index (χ0n) is 11.9. The van der Waals surface area contributed by atoms with Gasteiger partial charge in [-0.3, -0.25) is 9.59 Å². The van der Waals surface area contributed by atoms with Gasteiger partial charge in [0.15, 0.2) is 6.61 Å². The van der Waals surface area contributed by atoms with Crippen molar-refractivity contribution < 1.29 is 19.1 Å². The van der Waals surface area contributed by atoms with Gasteiger partial charge in [0.1, 0.15) is 17.2 Å². The van der Waals surface area contributed by atoms with Crippen LogP contribution in [0.4, 0.5) is 11.4 Å². The zero-order valence-corrected chi connectivity index (χ0v) is 11.9. The Kier molecular flexibility index (Phi) is 3.65. The van der Waals surface area contributed by atoms with E-state index >= 15 is 0 Å². The molecule has 2 amide bonds. The summed E-state index contributed by atoms with van der Waals surface area (Å²) in [4.78, 5) is 23.8. The van der Waals surface area contributed by atoms with E-state index in [1.54, 1.807) is 42.5 Å². The van der Waals surface area contributed by atoms with E-state index < -0.39 is 0 Å². The average Bonchev–Trinajstić information content (AvgIpc) is 2.55. The molecule has 0 unspecified atom stereocenters. The highest BCUT2D eigenvalue weighted by Gasteiger charge is 2.20. The monoisotopic (exact) mass is 298 g/mol. The lowest BCUT2D eigenvalue weighted by Gasteiger charge is -2.20. The number of hydrogen-bond donors (Lipinski definition) is 2. The maximum absolute atomic E-state index is 12.3. The number of hydrogen-bond acceptors (Lipinski definition) is 4. The molecule has 0 bridgehead atoms. The topological polar surface area (TPSA) is 76.7 Å². The summed E-state index contributed by atoms with van der Waals surface area (Å²) in [7, 11) is 1.54. The summed E-state index contributed by atoms with van der Waals surface area (Å²) in [6, 6.07) is 12.0. The van der Waals surface area contributed by atoms with E-state index in [0.717, 1.165) is 0 Å². The number of ether oxygens (including phenoxy) is 2. The second-order valence-corrected chi connectivity index (χ2v) is 4.70. The van der Waals surface area contributed by atoms with E-state index in [-0.39, 0.29) is 18.4 Å². The lowest BCUT2D eigenvalue weighted by Crippen LogP contribution is -2.26. The molecule has 112 valence electrons. The molecule has 1 aliphatic heterocycles. The fourth-order valence-electron chi connectivity index (χ4n) is 2.16. The van der Waals surface area contributed by atoms with Crippen molar-refractivity contribution in [3.05, 3.63) is 48.0 Å². The van der Waals surface area contributed by atoms with Gasteiger partial charge in [0.05, 0.1) is 12.8 Å². The summed E-state index contributed by atoms with van der Waals surface area (Å²) in [6.45, 7) is -0.0275. The first-order chi connectivity index (χ1) is 10.7. The van der Waals surface area contributed by atoms with Crippen molar-refractivity contribution in [3.8, 4) is 11.5 Å². The highest BCUT2D eigenvalue weighted by molar-refractivity contribution is 6.08. The Labute approximate surface area is 127 Å². The predicted octanol–water partition coefficient (Wildman–Crippen LogP) is 2.28. The van der Waals surface area contributed by atoms with Crippen LogP contribution in [-0.4, -0.2) is 25.5 Å². The van der Waals surface area contributed by atoms with E-state index in [1.165, 1.54) is 7.11 Å². The number of fused-ring (bicyclic) bond motifs is 1. The second kappa shape index (κ2) is 5.77. The lowest BCUT2D eigenvalue weighted by atomic mass is 10.1. The van der Waals surface area contributed by atoms with Crippen molar-refractivity contribution in [1.82, 2.24) is 0 Å². The van der Waals surface area contributed by atoms with Crippen LogP contribution in [0.3, 0.4) is 0 Å².